The molecule has 0 N–H and O–H groups in total. The molecule has 92 valence electrons. The maximum Gasteiger partial charge on any atom is 0.233 e. The summed E-state index contributed by atoms with van der Waals surface area (Å²) in [4.78, 5) is 21.2. The first-order valence-corrected chi connectivity index (χ1v) is 5.73. The summed E-state index contributed by atoms with van der Waals surface area (Å²) in [6.45, 7) is 2.87. The van der Waals surface area contributed by atoms with Crippen molar-refractivity contribution in [1.29, 1.82) is 0 Å². The average molecular weight is 244 g/mol. The van der Waals surface area contributed by atoms with E-state index >= 15 is 0 Å². The average Bonchev–Trinajstić information content (AvgIpc) is 2.77. The van der Waals surface area contributed by atoms with Gasteiger partial charge >= 0.3 is 0 Å². The summed E-state index contributed by atoms with van der Waals surface area (Å²) in [6, 6.07) is 3.70. The van der Waals surface area contributed by atoms with Crippen LogP contribution in [0.15, 0.2) is 29.0 Å². The standard InChI is InChI=1S/C12H12N4O2/c1-8(17)16-6-10(7-16)12-14-11(15-18-12)9-3-2-4-13-5-9/h2-5,10H,6-7H2,1H3. The van der Waals surface area contributed by atoms with Gasteiger partial charge in [0.05, 0.1) is 5.92 Å². The SMILES string of the molecule is CC(=O)N1CC(c2nc(-c3cccnc3)no2)C1. The van der Waals surface area contributed by atoms with Crippen LogP contribution in [-0.4, -0.2) is 39.0 Å². The fourth-order valence-corrected chi connectivity index (χ4v) is 1.91. The van der Waals surface area contributed by atoms with E-state index in [1.165, 1.54) is 0 Å². The topological polar surface area (TPSA) is 72.1 Å². The fourth-order valence-electron chi connectivity index (χ4n) is 1.91. The molecular weight excluding hydrogens is 232 g/mol. The number of hydrogen-bond donors (Lipinski definition) is 0. The van der Waals surface area contributed by atoms with Gasteiger partial charge in [0.15, 0.2) is 0 Å². The van der Waals surface area contributed by atoms with Crippen molar-refractivity contribution in [1.82, 2.24) is 20.0 Å². The Morgan fingerprint density at radius 1 is 1.50 bits per heavy atom. The van der Waals surface area contributed by atoms with Crippen LogP contribution < -0.4 is 0 Å². The minimum absolute atomic E-state index is 0.0817. The number of hydrogen-bond acceptors (Lipinski definition) is 5. The predicted octanol–water partition coefficient (Wildman–Crippen LogP) is 1.08. The summed E-state index contributed by atoms with van der Waals surface area (Å²) in [5, 5.41) is 3.93. The van der Waals surface area contributed by atoms with Crippen molar-refractivity contribution >= 4 is 5.91 Å². The molecule has 0 unspecified atom stereocenters. The van der Waals surface area contributed by atoms with Crippen molar-refractivity contribution in [3.8, 4) is 11.4 Å². The lowest BCUT2D eigenvalue weighted by Crippen LogP contribution is -2.47. The minimum atomic E-state index is 0.0817. The zero-order valence-corrected chi connectivity index (χ0v) is 9.91. The number of aromatic nitrogens is 3. The van der Waals surface area contributed by atoms with E-state index in [-0.39, 0.29) is 11.8 Å². The third-order valence-corrected chi connectivity index (χ3v) is 3.04. The highest BCUT2D eigenvalue weighted by molar-refractivity contribution is 5.74. The highest BCUT2D eigenvalue weighted by atomic mass is 16.5. The van der Waals surface area contributed by atoms with Crippen LogP contribution in [0.5, 0.6) is 0 Å². The molecule has 0 bridgehead atoms. The molecule has 1 saturated heterocycles. The molecule has 1 amide bonds. The molecule has 0 aromatic carbocycles. The van der Waals surface area contributed by atoms with E-state index in [0.29, 0.717) is 24.8 Å². The summed E-state index contributed by atoms with van der Waals surface area (Å²) in [5.74, 6) is 1.37. The van der Waals surface area contributed by atoms with E-state index in [1.807, 2.05) is 12.1 Å². The second-order valence-electron chi connectivity index (χ2n) is 4.32. The second-order valence-corrected chi connectivity index (χ2v) is 4.32. The molecule has 1 aliphatic rings. The number of carbonyl (C=O) groups excluding carboxylic acids is 1. The Balaban J connectivity index is 1.74. The maximum atomic E-state index is 11.1. The maximum absolute atomic E-state index is 11.1. The lowest BCUT2D eigenvalue weighted by atomic mass is 10.0. The number of pyridine rings is 1. The first-order chi connectivity index (χ1) is 8.74. The number of likely N-dealkylation sites (tertiary alicyclic amines) is 1. The molecular formula is C12H12N4O2. The molecule has 0 radical (unpaired) electrons. The quantitative estimate of drug-likeness (QED) is 0.790. The zero-order chi connectivity index (χ0) is 12.5. The van der Waals surface area contributed by atoms with Crippen molar-refractivity contribution in [2.45, 2.75) is 12.8 Å². The van der Waals surface area contributed by atoms with Crippen LogP contribution in [-0.2, 0) is 4.79 Å². The largest absolute Gasteiger partial charge is 0.341 e. The number of carbonyl (C=O) groups is 1. The van der Waals surface area contributed by atoms with E-state index in [2.05, 4.69) is 15.1 Å². The Morgan fingerprint density at radius 3 is 3.00 bits per heavy atom. The van der Waals surface area contributed by atoms with Gasteiger partial charge < -0.3 is 9.42 Å². The van der Waals surface area contributed by atoms with Gasteiger partial charge in [0.1, 0.15) is 0 Å². The molecule has 6 nitrogen and oxygen atoms in total. The van der Waals surface area contributed by atoms with Crippen LogP contribution in [0.25, 0.3) is 11.4 Å². The molecule has 1 fully saturated rings. The number of amides is 1. The highest BCUT2D eigenvalue weighted by Gasteiger charge is 2.34. The van der Waals surface area contributed by atoms with Crippen molar-refractivity contribution in [3.63, 3.8) is 0 Å². The van der Waals surface area contributed by atoms with Crippen molar-refractivity contribution in [2.24, 2.45) is 0 Å². The number of rotatable bonds is 2. The lowest BCUT2D eigenvalue weighted by Gasteiger charge is -2.36. The molecule has 0 saturated carbocycles. The van der Waals surface area contributed by atoms with Crippen molar-refractivity contribution in [2.75, 3.05) is 13.1 Å². The Hall–Kier alpha value is -2.24. The van der Waals surface area contributed by atoms with Crippen LogP contribution in [0, 0.1) is 0 Å². The van der Waals surface area contributed by atoms with Crippen LogP contribution in [0.3, 0.4) is 0 Å². The molecule has 3 heterocycles. The summed E-state index contributed by atoms with van der Waals surface area (Å²) in [5.41, 5.74) is 0.829. The third-order valence-electron chi connectivity index (χ3n) is 3.04. The molecule has 18 heavy (non-hydrogen) atoms. The van der Waals surface area contributed by atoms with Gasteiger partial charge in [-0.3, -0.25) is 9.78 Å². The third kappa shape index (κ3) is 1.85. The first-order valence-electron chi connectivity index (χ1n) is 5.73. The van der Waals surface area contributed by atoms with Gasteiger partial charge in [-0.2, -0.15) is 4.98 Å². The fraction of sp³-hybridized carbons (Fsp3) is 0.333. The Kier molecular flexibility index (Phi) is 2.55. The summed E-state index contributed by atoms with van der Waals surface area (Å²) in [7, 11) is 0. The van der Waals surface area contributed by atoms with Crippen LogP contribution >= 0.6 is 0 Å². The smallest absolute Gasteiger partial charge is 0.233 e. The zero-order valence-electron chi connectivity index (χ0n) is 9.91. The molecule has 6 heteroatoms. The van der Waals surface area contributed by atoms with E-state index in [4.69, 9.17) is 4.52 Å². The summed E-state index contributed by atoms with van der Waals surface area (Å²) >= 11 is 0. The lowest BCUT2D eigenvalue weighted by molar-refractivity contribution is -0.133. The second kappa shape index (κ2) is 4.21. The predicted molar refractivity (Wildman–Crippen MR) is 62.5 cm³/mol. The summed E-state index contributed by atoms with van der Waals surface area (Å²) < 4.78 is 5.22. The monoisotopic (exact) mass is 244 g/mol. The highest BCUT2D eigenvalue weighted by Crippen LogP contribution is 2.27. The minimum Gasteiger partial charge on any atom is -0.341 e. The van der Waals surface area contributed by atoms with Gasteiger partial charge in [0.25, 0.3) is 0 Å². The molecule has 2 aromatic heterocycles. The number of nitrogens with zero attached hydrogens (tertiary/aromatic N) is 4. The van der Waals surface area contributed by atoms with Crippen LogP contribution in [0.2, 0.25) is 0 Å². The van der Waals surface area contributed by atoms with E-state index in [1.54, 1.807) is 24.2 Å². The first kappa shape index (κ1) is 10.9. The van der Waals surface area contributed by atoms with Gasteiger partial charge in [-0.1, -0.05) is 5.16 Å². The Labute approximate surface area is 104 Å². The van der Waals surface area contributed by atoms with Crippen LogP contribution in [0.1, 0.15) is 18.7 Å². The molecule has 1 aliphatic heterocycles. The van der Waals surface area contributed by atoms with Gasteiger partial charge in [-0.15, -0.1) is 0 Å². The van der Waals surface area contributed by atoms with E-state index in [0.717, 1.165) is 5.56 Å². The van der Waals surface area contributed by atoms with Crippen molar-refractivity contribution in [3.05, 3.63) is 30.4 Å². The molecule has 3 rings (SSSR count). The summed E-state index contributed by atoms with van der Waals surface area (Å²) in [6.07, 6.45) is 3.39. The Morgan fingerprint density at radius 2 is 2.33 bits per heavy atom. The van der Waals surface area contributed by atoms with E-state index < -0.39 is 0 Å². The molecule has 0 spiro atoms. The molecule has 2 aromatic rings. The van der Waals surface area contributed by atoms with Gasteiger partial charge in [-0.25, -0.2) is 0 Å². The Bertz CT molecular complexity index is 560. The van der Waals surface area contributed by atoms with Gasteiger partial charge in [0, 0.05) is 38.0 Å². The van der Waals surface area contributed by atoms with Crippen molar-refractivity contribution < 1.29 is 9.32 Å². The molecule has 0 atom stereocenters. The van der Waals surface area contributed by atoms with Gasteiger partial charge in [-0.05, 0) is 12.1 Å². The van der Waals surface area contributed by atoms with E-state index in [9.17, 15) is 4.79 Å². The van der Waals surface area contributed by atoms with Crippen LogP contribution in [0.4, 0.5) is 0 Å². The normalized spacial score (nSPS) is 15.5. The molecule has 0 aliphatic carbocycles. The van der Waals surface area contributed by atoms with Gasteiger partial charge in [0.2, 0.25) is 17.6 Å².